The van der Waals surface area contributed by atoms with E-state index < -0.39 is 26.5 Å². The van der Waals surface area contributed by atoms with E-state index >= 15 is 0 Å². The molecule has 0 saturated carbocycles. The Hall–Kier alpha value is -3.07. The highest BCUT2D eigenvalue weighted by Gasteiger charge is 2.26. The summed E-state index contributed by atoms with van der Waals surface area (Å²) >= 11 is 0. The van der Waals surface area contributed by atoms with Gasteiger partial charge in [-0.25, -0.2) is 4.57 Å². The van der Waals surface area contributed by atoms with Crippen LogP contribution in [-0.2, 0) is 32.7 Å². The standard InChI is InChI=1S/C77H138NO8P/c1-3-5-7-9-11-13-15-17-19-21-23-25-27-29-31-33-34-35-36-37-38-39-40-42-44-46-48-50-52-54-56-58-60-62-64-66-68-70-77(80)86-75(74-85-87(81,82)84-72-71-78)73-83-76(79)69-67-65-63-61-59-57-55-53-51-49-47-45-43-41-32-30-28-26-24-22-20-18-16-14-12-10-8-6-4-2/h5-8,11-14,17-20,23-26,75H,3-4,9-10,15-16,21-22,27-74,78H2,1-2H3,(H,81,82)/b7-5-,8-6-,13-11-,14-12-,19-17-,20-18-,25-23-,26-24-. The highest BCUT2D eigenvalue weighted by molar-refractivity contribution is 7.47. The Balaban J connectivity index is 3.80. The number of nitrogens with two attached hydrogens (primary N) is 1. The summed E-state index contributed by atoms with van der Waals surface area (Å²) in [5.74, 6) is -0.812. The molecule has 0 saturated heterocycles. The lowest BCUT2D eigenvalue weighted by molar-refractivity contribution is -0.161. The molecule has 0 aliphatic rings. The van der Waals surface area contributed by atoms with E-state index in [-0.39, 0.29) is 38.6 Å². The van der Waals surface area contributed by atoms with Crippen LogP contribution in [0.4, 0.5) is 0 Å². The predicted octanol–water partition coefficient (Wildman–Crippen LogP) is 24.3. The van der Waals surface area contributed by atoms with E-state index in [1.807, 2.05) is 0 Å². The maximum atomic E-state index is 12.8. The maximum Gasteiger partial charge on any atom is 0.472 e. The number of phosphoric ester groups is 1. The number of rotatable bonds is 69. The Kier molecular flexibility index (Phi) is 69.5. The molecule has 504 valence electrons. The molecule has 0 aliphatic carbocycles. The predicted molar refractivity (Wildman–Crippen MR) is 376 cm³/mol. The van der Waals surface area contributed by atoms with Crippen LogP contribution in [0.2, 0.25) is 0 Å². The summed E-state index contributed by atoms with van der Waals surface area (Å²) in [6.07, 6.45) is 98.1. The molecule has 9 nitrogen and oxygen atoms in total. The highest BCUT2D eigenvalue weighted by Crippen LogP contribution is 2.43. The molecule has 2 unspecified atom stereocenters. The van der Waals surface area contributed by atoms with Crippen LogP contribution in [0, 0.1) is 0 Å². The fraction of sp³-hybridized carbons (Fsp3) is 0.766. The molecule has 87 heavy (non-hydrogen) atoms. The first-order valence-electron chi connectivity index (χ1n) is 36.7. The van der Waals surface area contributed by atoms with Gasteiger partial charge in [0, 0.05) is 19.4 Å². The van der Waals surface area contributed by atoms with E-state index in [9.17, 15) is 19.0 Å². The van der Waals surface area contributed by atoms with Crippen LogP contribution in [0.5, 0.6) is 0 Å². The van der Waals surface area contributed by atoms with E-state index in [2.05, 4.69) is 111 Å². The van der Waals surface area contributed by atoms with Crippen molar-refractivity contribution in [3.63, 3.8) is 0 Å². The maximum absolute atomic E-state index is 12.8. The lowest BCUT2D eigenvalue weighted by Gasteiger charge is -2.19. The Morgan fingerprint density at radius 3 is 0.885 bits per heavy atom. The van der Waals surface area contributed by atoms with Gasteiger partial charge in [-0.15, -0.1) is 0 Å². The number of hydrogen-bond acceptors (Lipinski definition) is 8. The van der Waals surface area contributed by atoms with E-state index in [0.29, 0.717) is 6.42 Å². The van der Waals surface area contributed by atoms with Crippen molar-refractivity contribution in [1.29, 1.82) is 0 Å². The summed E-state index contributed by atoms with van der Waals surface area (Å²) in [7, 11) is -4.40. The molecule has 0 aliphatic heterocycles. The summed E-state index contributed by atoms with van der Waals surface area (Å²) in [6, 6.07) is 0. The largest absolute Gasteiger partial charge is 0.472 e. The zero-order chi connectivity index (χ0) is 63.0. The number of phosphoric acid groups is 1. The minimum absolute atomic E-state index is 0.0530. The zero-order valence-corrected chi connectivity index (χ0v) is 57.6. The van der Waals surface area contributed by atoms with Gasteiger partial charge >= 0.3 is 19.8 Å². The Morgan fingerprint density at radius 1 is 0.345 bits per heavy atom. The van der Waals surface area contributed by atoms with Crippen molar-refractivity contribution in [1.82, 2.24) is 0 Å². The van der Waals surface area contributed by atoms with Gasteiger partial charge in [0.1, 0.15) is 6.61 Å². The van der Waals surface area contributed by atoms with Crippen molar-refractivity contribution in [3.05, 3.63) is 97.2 Å². The van der Waals surface area contributed by atoms with Crippen LogP contribution >= 0.6 is 7.82 Å². The smallest absolute Gasteiger partial charge is 0.462 e. The third kappa shape index (κ3) is 71.9. The molecule has 0 heterocycles. The monoisotopic (exact) mass is 1240 g/mol. The molecule has 0 rings (SSSR count). The number of hydrogen-bond donors (Lipinski definition) is 2. The molecule has 2 atom stereocenters. The van der Waals surface area contributed by atoms with Gasteiger partial charge in [0.05, 0.1) is 13.2 Å². The van der Waals surface area contributed by atoms with Crippen molar-refractivity contribution >= 4 is 19.8 Å². The second-order valence-corrected chi connectivity index (χ2v) is 25.9. The lowest BCUT2D eigenvalue weighted by atomic mass is 10.0. The third-order valence-electron chi connectivity index (χ3n) is 16.0. The van der Waals surface area contributed by atoms with Crippen LogP contribution in [0.1, 0.15) is 348 Å². The first-order valence-corrected chi connectivity index (χ1v) is 38.2. The molecule has 10 heteroatoms. The van der Waals surface area contributed by atoms with Crippen LogP contribution in [0.3, 0.4) is 0 Å². The molecule has 0 aromatic heterocycles. The quantitative estimate of drug-likeness (QED) is 0.0264. The van der Waals surface area contributed by atoms with Crippen molar-refractivity contribution in [2.45, 2.75) is 354 Å². The minimum Gasteiger partial charge on any atom is -0.462 e. The van der Waals surface area contributed by atoms with Gasteiger partial charge in [0.15, 0.2) is 6.10 Å². The zero-order valence-electron chi connectivity index (χ0n) is 56.7. The van der Waals surface area contributed by atoms with E-state index in [1.165, 1.54) is 231 Å². The summed E-state index contributed by atoms with van der Waals surface area (Å²) in [6.45, 7) is 3.57. The van der Waals surface area contributed by atoms with Gasteiger partial charge in [-0.05, 0) is 89.9 Å². The Labute approximate surface area is 537 Å². The van der Waals surface area contributed by atoms with Gasteiger partial charge in [-0.1, -0.05) is 342 Å². The first-order chi connectivity index (χ1) is 42.8. The molecule has 0 aromatic rings. The molecular weight excluding hydrogens is 1100 g/mol. The summed E-state index contributed by atoms with van der Waals surface area (Å²) in [4.78, 5) is 35.4. The lowest BCUT2D eigenvalue weighted by Crippen LogP contribution is -2.29. The van der Waals surface area contributed by atoms with Crippen LogP contribution < -0.4 is 5.73 Å². The van der Waals surface area contributed by atoms with Crippen molar-refractivity contribution in [2.75, 3.05) is 26.4 Å². The van der Waals surface area contributed by atoms with Gasteiger partial charge in [-0.3, -0.25) is 18.6 Å². The van der Waals surface area contributed by atoms with Gasteiger partial charge in [-0.2, -0.15) is 0 Å². The van der Waals surface area contributed by atoms with Gasteiger partial charge < -0.3 is 20.1 Å². The molecular formula is C77H138NO8P. The number of carbonyl (C=O) groups is 2. The van der Waals surface area contributed by atoms with Crippen LogP contribution in [0.25, 0.3) is 0 Å². The molecule has 0 fully saturated rings. The normalized spacial score (nSPS) is 13.5. The number of unbranched alkanes of at least 4 members (excludes halogenated alkanes) is 40. The molecule has 0 spiro atoms. The number of allylic oxidation sites excluding steroid dienone is 16. The average Bonchev–Trinajstić information content (AvgIpc) is 3.65. The Bertz CT molecular complexity index is 1750. The van der Waals surface area contributed by atoms with Gasteiger partial charge in [0.25, 0.3) is 0 Å². The van der Waals surface area contributed by atoms with Crippen molar-refractivity contribution < 1.29 is 37.6 Å². The minimum atomic E-state index is -4.40. The SMILES string of the molecule is CC/C=C\C/C=C\C/C=C\C/C=C\CCCCCCCCCCCCCCCCCCCCCCCCCCC(=O)OC(COC(=O)CCCCCCCCCCCCCCCCCC/C=C\C/C=C\C/C=C\C/C=C\CC)COP(=O)(O)OCCN. The number of ether oxygens (including phenoxy) is 2. The molecule has 3 N–H and O–H groups in total. The van der Waals surface area contributed by atoms with Crippen molar-refractivity contribution in [3.8, 4) is 0 Å². The third-order valence-corrected chi connectivity index (χ3v) is 16.9. The number of esters is 2. The molecule has 0 radical (unpaired) electrons. The van der Waals surface area contributed by atoms with Gasteiger partial charge in [0.2, 0.25) is 0 Å². The Morgan fingerprint density at radius 2 is 0.598 bits per heavy atom. The molecule has 0 aromatic carbocycles. The first kappa shape index (κ1) is 83.9. The van der Waals surface area contributed by atoms with Crippen LogP contribution in [0.15, 0.2) is 97.2 Å². The summed E-state index contributed by atoms with van der Waals surface area (Å²) in [5, 5.41) is 0. The van der Waals surface area contributed by atoms with Crippen molar-refractivity contribution in [2.24, 2.45) is 5.73 Å². The van der Waals surface area contributed by atoms with E-state index in [4.69, 9.17) is 24.3 Å². The summed E-state index contributed by atoms with van der Waals surface area (Å²) < 4.78 is 33.2. The molecule has 0 amide bonds. The topological polar surface area (TPSA) is 134 Å². The second kappa shape index (κ2) is 72.0. The van der Waals surface area contributed by atoms with Crippen LogP contribution in [-0.4, -0.2) is 49.3 Å². The van der Waals surface area contributed by atoms with E-state index in [0.717, 1.165) is 83.5 Å². The summed E-state index contributed by atoms with van der Waals surface area (Å²) in [5.41, 5.74) is 5.41. The average molecular weight is 1240 g/mol. The molecule has 0 bridgehead atoms. The highest BCUT2D eigenvalue weighted by atomic mass is 31.2. The second-order valence-electron chi connectivity index (χ2n) is 24.4. The fourth-order valence-electron chi connectivity index (χ4n) is 10.6. The number of carbonyl (C=O) groups excluding carboxylic acids is 2. The fourth-order valence-corrected chi connectivity index (χ4v) is 11.4. The van der Waals surface area contributed by atoms with E-state index in [1.54, 1.807) is 0 Å².